The van der Waals surface area contributed by atoms with Crippen molar-refractivity contribution < 1.29 is 24.3 Å². The number of ether oxygens (including phenoxy) is 2. The third-order valence-electron chi connectivity index (χ3n) is 2.01. The molecule has 7 heteroatoms. The molecule has 0 radical (unpaired) electrons. The van der Waals surface area contributed by atoms with Gasteiger partial charge in [0.15, 0.2) is 11.5 Å². The van der Waals surface area contributed by atoms with Crippen molar-refractivity contribution >= 4 is 11.7 Å². The summed E-state index contributed by atoms with van der Waals surface area (Å²) in [5, 5.41) is 19.6. The van der Waals surface area contributed by atoms with Crippen LogP contribution < -0.4 is 9.47 Å². The van der Waals surface area contributed by atoms with Crippen molar-refractivity contribution in [2.75, 3.05) is 13.7 Å². The van der Waals surface area contributed by atoms with Crippen molar-refractivity contribution in [3.8, 4) is 11.5 Å². The first-order chi connectivity index (χ1) is 8.01. The van der Waals surface area contributed by atoms with E-state index in [1.54, 1.807) is 6.92 Å². The summed E-state index contributed by atoms with van der Waals surface area (Å²) in [6.45, 7) is 2.00. The van der Waals surface area contributed by atoms with E-state index in [1.807, 2.05) is 0 Å². The van der Waals surface area contributed by atoms with Crippen molar-refractivity contribution in [2.45, 2.75) is 6.92 Å². The predicted octanol–water partition coefficient (Wildman–Crippen LogP) is 1.70. The second-order valence-electron chi connectivity index (χ2n) is 3.02. The minimum atomic E-state index is -1.39. The molecule has 0 saturated heterocycles. The third kappa shape index (κ3) is 2.63. The fourth-order valence-corrected chi connectivity index (χ4v) is 1.30. The van der Waals surface area contributed by atoms with Gasteiger partial charge in [-0.15, -0.1) is 0 Å². The van der Waals surface area contributed by atoms with Gasteiger partial charge in [0, 0.05) is 6.07 Å². The smallest absolute Gasteiger partial charge is 0.342 e. The summed E-state index contributed by atoms with van der Waals surface area (Å²) in [5.41, 5.74) is -0.961. The number of nitrogens with zero attached hydrogens (tertiary/aromatic N) is 1. The van der Waals surface area contributed by atoms with Crippen LogP contribution in [0, 0.1) is 10.1 Å². The molecule has 0 saturated carbocycles. The zero-order valence-corrected chi connectivity index (χ0v) is 9.30. The minimum Gasteiger partial charge on any atom is -0.493 e. The maximum atomic E-state index is 10.9. The second-order valence-corrected chi connectivity index (χ2v) is 3.02. The average molecular weight is 241 g/mol. The molecule has 7 nitrogen and oxygen atoms in total. The Morgan fingerprint density at radius 2 is 2.12 bits per heavy atom. The van der Waals surface area contributed by atoms with Crippen molar-refractivity contribution in [1.29, 1.82) is 0 Å². The molecule has 17 heavy (non-hydrogen) atoms. The van der Waals surface area contributed by atoms with E-state index >= 15 is 0 Å². The summed E-state index contributed by atoms with van der Waals surface area (Å²) in [4.78, 5) is 20.8. The van der Waals surface area contributed by atoms with E-state index in [-0.39, 0.29) is 11.5 Å². The molecule has 0 heterocycles. The fraction of sp³-hybridized carbons (Fsp3) is 0.300. The van der Waals surface area contributed by atoms with E-state index in [1.165, 1.54) is 7.11 Å². The SMILES string of the molecule is CCOc1cc([N+](=O)[O-])c(C(=O)O)cc1OC. The van der Waals surface area contributed by atoms with Gasteiger partial charge in [-0.3, -0.25) is 10.1 Å². The predicted molar refractivity (Wildman–Crippen MR) is 57.8 cm³/mol. The number of aromatic carboxylic acids is 1. The van der Waals surface area contributed by atoms with Gasteiger partial charge in [-0.05, 0) is 6.92 Å². The van der Waals surface area contributed by atoms with Gasteiger partial charge in [-0.2, -0.15) is 0 Å². The summed E-state index contributed by atoms with van der Waals surface area (Å²) in [6, 6.07) is 2.12. The molecule has 0 aliphatic carbocycles. The van der Waals surface area contributed by atoms with Gasteiger partial charge in [0.1, 0.15) is 5.56 Å². The normalized spacial score (nSPS) is 9.76. The Balaban J connectivity index is 3.42. The number of rotatable bonds is 5. The highest BCUT2D eigenvalue weighted by molar-refractivity contribution is 5.93. The van der Waals surface area contributed by atoms with Gasteiger partial charge in [-0.1, -0.05) is 0 Å². The molecule has 0 spiro atoms. The monoisotopic (exact) mass is 241 g/mol. The Morgan fingerprint density at radius 1 is 1.47 bits per heavy atom. The highest BCUT2D eigenvalue weighted by atomic mass is 16.6. The number of hydrogen-bond acceptors (Lipinski definition) is 5. The molecule has 92 valence electrons. The van der Waals surface area contributed by atoms with Gasteiger partial charge in [0.05, 0.1) is 24.7 Å². The summed E-state index contributed by atoms with van der Waals surface area (Å²) in [5.74, 6) is -1.10. The Hall–Kier alpha value is -2.31. The van der Waals surface area contributed by atoms with E-state index in [2.05, 4.69) is 0 Å². The lowest BCUT2D eigenvalue weighted by Gasteiger charge is -2.09. The van der Waals surface area contributed by atoms with Crippen molar-refractivity contribution in [1.82, 2.24) is 0 Å². The summed E-state index contributed by atoms with van der Waals surface area (Å²) in [6.07, 6.45) is 0. The molecule has 0 aliphatic heterocycles. The number of carbonyl (C=O) groups is 1. The van der Waals surface area contributed by atoms with Crippen LogP contribution in [-0.4, -0.2) is 29.7 Å². The number of benzene rings is 1. The lowest BCUT2D eigenvalue weighted by atomic mass is 10.1. The standard InChI is InChI=1S/C10H11NO6/c1-3-17-9-5-7(11(14)15)6(10(12)13)4-8(9)16-2/h4-5H,3H2,1-2H3,(H,12,13). The largest absolute Gasteiger partial charge is 0.493 e. The Labute approximate surface area is 96.7 Å². The van der Waals surface area contributed by atoms with Crippen LogP contribution in [0.4, 0.5) is 5.69 Å². The maximum Gasteiger partial charge on any atom is 0.342 e. The van der Waals surface area contributed by atoms with E-state index in [0.29, 0.717) is 6.61 Å². The zero-order chi connectivity index (χ0) is 13.0. The number of methoxy groups -OCH3 is 1. The number of carboxylic acid groups (broad SMARTS) is 1. The van der Waals surface area contributed by atoms with Gasteiger partial charge in [0.2, 0.25) is 0 Å². The molecule has 0 aliphatic rings. The molecule has 0 amide bonds. The van der Waals surface area contributed by atoms with Crippen molar-refractivity contribution in [2.24, 2.45) is 0 Å². The van der Waals surface area contributed by atoms with Gasteiger partial charge in [-0.25, -0.2) is 4.79 Å². The van der Waals surface area contributed by atoms with E-state index in [4.69, 9.17) is 14.6 Å². The first kappa shape index (κ1) is 12.8. The molecule has 0 bridgehead atoms. The second kappa shape index (κ2) is 5.15. The van der Waals surface area contributed by atoms with Gasteiger partial charge in [0.25, 0.3) is 5.69 Å². The number of nitro benzene ring substituents is 1. The molecular weight excluding hydrogens is 230 g/mol. The third-order valence-corrected chi connectivity index (χ3v) is 2.01. The van der Waals surface area contributed by atoms with E-state index < -0.39 is 22.1 Å². The molecule has 1 N–H and O–H groups in total. The van der Waals surface area contributed by atoms with Crippen LogP contribution >= 0.6 is 0 Å². The van der Waals surface area contributed by atoms with Crippen LogP contribution in [-0.2, 0) is 0 Å². The zero-order valence-electron chi connectivity index (χ0n) is 9.30. The Bertz CT molecular complexity index is 456. The summed E-state index contributed by atoms with van der Waals surface area (Å²) < 4.78 is 10.0. The summed E-state index contributed by atoms with van der Waals surface area (Å²) in [7, 11) is 1.33. The highest BCUT2D eigenvalue weighted by Crippen LogP contribution is 2.34. The Kier molecular flexibility index (Phi) is 3.86. The number of nitro groups is 1. The van der Waals surface area contributed by atoms with Crippen LogP contribution in [0.15, 0.2) is 12.1 Å². The lowest BCUT2D eigenvalue weighted by Crippen LogP contribution is -2.05. The molecular formula is C10H11NO6. The van der Waals surface area contributed by atoms with Crippen LogP contribution in [0.2, 0.25) is 0 Å². The first-order valence-electron chi connectivity index (χ1n) is 4.73. The fourth-order valence-electron chi connectivity index (χ4n) is 1.30. The molecule has 0 fully saturated rings. The van der Waals surface area contributed by atoms with Crippen LogP contribution in [0.5, 0.6) is 11.5 Å². The van der Waals surface area contributed by atoms with Crippen molar-refractivity contribution in [3.63, 3.8) is 0 Å². The first-order valence-corrected chi connectivity index (χ1v) is 4.73. The Morgan fingerprint density at radius 3 is 2.53 bits per heavy atom. The van der Waals surface area contributed by atoms with Gasteiger partial charge >= 0.3 is 5.97 Å². The molecule has 0 aromatic heterocycles. The molecule has 1 rings (SSSR count). The molecule has 0 unspecified atom stereocenters. The minimum absolute atomic E-state index is 0.145. The average Bonchev–Trinajstić information content (AvgIpc) is 2.28. The number of hydrogen-bond donors (Lipinski definition) is 1. The lowest BCUT2D eigenvalue weighted by molar-refractivity contribution is -0.385. The van der Waals surface area contributed by atoms with Crippen LogP contribution in [0.25, 0.3) is 0 Å². The molecule has 1 aromatic rings. The quantitative estimate of drug-likeness (QED) is 0.622. The molecule has 0 atom stereocenters. The number of carboxylic acids is 1. The van der Waals surface area contributed by atoms with Gasteiger partial charge < -0.3 is 14.6 Å². The van der Waals surface area contributed by atoms with Crippen molar-refractivity contribution in [3.05, 3.63) is 27.8 Å². The van der Waals surface area contributed by atoms with E-state index in [0.717, 1.165) is 12.1 Å². The highest BCUT2D eigenvalue weighted by Gasteiger charge is 2.24. The van der Waals surface area contributed by atoms with Crippen LogP contribution in [0.3, 0.4) is 0 Å². The summed E-state index contributed by atoms with van der Waals surface area (Å²) >= 11 is 0. The van der Waals surface area contributed by atoms with E-state index in [9.17, 15) is 14.9 Å². The maximum absolute atomic E-state index is 10.9. The molecule has 1 aromatic carbocycles. The topological polar surface area (TPSA) is 98.9 Å². The van der Waals surface area contributed by atoms with Crippen LogP contribution in [0.1, 0.15) is 17.3 Å².